The maximum Gasteiger partial charge on any atom is 0.408 e. The number of hydrogen-bond donors (Lipinski definition) is 3. The van der Waals surface area contributed by atoms with E-state index in [2.05, 4.69) is 31.3 Å². The van der Waals surface area contributed by atoms with Crippen LogP contribution in [0.5, 0.6) is 0 Å². The van der Waals surface area contributed by atoms with E-state index < -0.39 is 61.2 Å². The highest BCUT2D eigenvalue weighted by Gasteiger charge is 2.25. The van der Waals surface area contributed by atoms with E-state index in [9.17, 15) is 23.6 Å². The summed E-state index contributed by atoms with van der Waals surface area (Å²) in [7, 11) is -1.00. The molecule has 0 saturated carbocycles. The molecule has 0 radical (unpaired) electrons. The Balaban J connectivity index is -0.000000265. The summed E-state index contributed by atoms with van der Waals surface area (Å²) in [4.78, 5) is 44.5. The van der Waals surface area contributed by atoms with Gasteiger partial charge in [-0.15, -0.1) is 0 Å². The normalized spacial score (nSPS) is 11.1. The van der Waals surface area contributed by atoms with Gasteiger partial charge in [0.1, 0.15) is 29.4 Å². The van der Waals surface area contributed by atoms with Crippen LogP contribution in [0.1, 0.15) is 55.8 Å². The maximum absolute atomic E-state index is 11.4. The highest BCUT2D eigenvalue weighted by atomic mass is 79.9. The van der Waals surface area contributed by atoms with Gasteiger partial charge in [-0.25, -0.2) is 19.2 Å². The van der Waals surface area contributed by atoms with Gasteiger partial charge in [-0.3, -0.25) is 4.39 Å². The number of carboxylic acid groups (broad SMARTS) is 1. The lowest BCUT2D eigenvalue weighted by atomic mass is 10.2. The van der Waals surface area contributed by atoms with Crippen LogP contribution in [0.4, 0.5) is 14.0 Å². The van der Waals surface area contributed by atoms with Crippen molar-refractivity contribution in [3.8, 4) is 24.3 Å². The lowest BCUT2D eigenvalue weighted by molar-refractivity contribution is -0.144. The molecule has 0 spiro atoms. The van der Waals surface area contributed by atoms with Gasteiger partial charge in [0, 0.05) is 0 Å². The molecule has 2 amide bonds. The van der Waals surface area contributed by atoms with Gasteiger partial charge in [-0.05, 0) is 41.5 Å². The molecule has 0 aliphatic carbocycles. The highest BCUT2D eigenvalue weighted by molar-refractivity contribution is 9.09. The molecule has 0 aromatic carbocycles. The number of nitrogens with one attached hydrogen (secondary N) is 2. The second-order valence-electron chi connectivity index (χ2n) is 8.52. The molecule has 0 heterocycles. The number of hydrogen-bond acceptors (Lipinski definition) is 11. The van der Waals surface area contributed by atoms with Crippen LogP contribution in [-0.2, 0) is 23.8 Å². The number of carbonyl (C=O) groups is 4. The number of aliphatic carboxylic acids is 1. The number of carbonyl (C=O) groups excluding carboxylic acids is 3. The SMILES string of the molecule is CC(C)(C)OC(=O)N[C@@H](CC#N)C(=O)O.CC(C)(C)OC(=O)N[C@@H](CC#N)C(=O)OCC#N.N#CCBr.[2H]CF. The number of alkyl halides is 2. The zero-order valence-electron chi connectivity index (χ0n) is 23.5. The summed E-state index contributed by atoms with van der Waals surface area (Å²) in [5.74, 6) is -2.11. The summed E-state index contributed by atoms with van der Waals surface area (Å²) in [6.07, 6.45) is -2.22. The molecule has 0 aromatic rings. The van der Waals surface area contributed by atoms with E-state index in [1.54, 1.807) is 59.8 Å². The summed E-state index contributed by atoms with van der Waals surface area (Å²) in [6.45, 7) is 9.54. The van der Waals surface area contributed by atoms with Gasteiger partial charge in [0.05, 0.1) is 44.9 Å². The lowest BCUT2D eigenvalue weighted by Crippen LogP contribution is -2.44. The van der Waals surface area contributed by atoms with Gasteiger partial charge in [-0.1, -0.05) is 15.9 Å². The van der Waals surface area contributed by atoms with Crippen LogP contribution in [0.25, 0.3) is 0 Å². The topological polar surface area (TPSA) is 235 Å². The first kappa shape index (κ1) is 39.4. The highest BCUT2D eigenvalue weighted by Crippen LogP contribution is 2.08. The van der Waals surface area contributed by atoms with Gasteiger partial charge in [0.25, 0.3) is 0 Å². The Bertz CT molecular complexity index is 946. The molecule has 0 fully saturated rings. The molecular formula is C23H34BrFN6O8. The van der Waals surface area contributed by atoms with Crippen LogP contribution < -0.4 is 10.6 Å². The molecule has 0 bridgehead atoms. The Morgan fingerprint density at radius 2 is 1.23 bits per heavy atom. The van der Waals surface area contributed by atoms with Crippen molar-refractivity contribution in [3.63, 3.8) is 0 Å². The summed E-state index contributed by atoms with van der Waals surface area (Å²) < 4.78 is 29.8. The number of nitriles is 4. The Morgan fingerprint density at radius 1 is 0.872 bits per heavy atom. The first-order valence-electron chi connectivity index (χ1n) is 11.4. The minimum atomic E-state index is -1.26. The van der Waals surface area contributed by atoms with Crippen LogP contribution in [0.3, 0.4) is 0 Å². The van der Waals surface area contributed by atoms with Crippen molar-refractivity contribution in [3.05, 3.63) is 0 Å². The number of alkyl carbamates (subject to hydrolysis) is 2. The predicted octanol–water partition coefficient (Wildman–Crippen LogP) is 3.23. The summed E-state index contributed by atoms with van der Waals surface area (Å²) >= 11 is 2.89. The molecular weight excluding hydrogens is 587 g/mol. The third-order valence-corrected chi connectivity index (χ3v) is 3.14. The molecule has 0 aromatic heterocycles. The zero-order chi connectivity index (χ0) is 32.4. The van der Waals surface area contributed by atoms with E-state index >= 15 is 0 Å². The van der Waals surface area contributed by atoms with Crippen molar-refractivity contribution in [1.82, 2.24) is 10.6 Å². The minimum absolute atomic E-state index is 0.260. The van der Waals surface area contributed by atoms with E-state index in [1.807, 2.05) is 6.07 Å². The standard InChI is InChI=1S/C11H15N3O4.C9H14N2O4.C2H2BrN.CH3F/c1-11(2,3)18-10(16)14-8(4-5-12)9(15)17-7-6-13;1-9(2,3)15-8(14)11-6(4-5-10)7(12)13;3-1-2-4;1-2/h8H,4,7H2,1-3H3,(H,14,16);6H,4H2,1-3H3,(H,11,14)(H,12,13);1H2;1H3/t8-;6-;;/m00../s1/i;;;1D. The molecule has 2 atom stereocenters. The molecule has 0 rings (SSSR count). The average Bonchev–Trinajstić information content (AvgIpc) is 2.80. The predicted molar refractivity (Wildman–Crippen MR) is 137 cm³/mol. The quantitative estimate of drug-likeness (QED) is 0.211. The Morgan fingerprint density at radius 3 is 1.51 bits per heavy atom. The number of esters is 1. The Labute approximate surface area is 237 Å². The fourth-order valence-corrected chi connectivity index (χ4v) is 1.68. The minimum Gasteiger partial charge on any atom is -0.480 e. The maximum atomic E-state index is 11.4. The third-order valence-electron chi connectivity index (χ3n) is 2.89. The molecule has 3 N–H and O–H groups in total. The van der Waals surface area contributed by atoms with E-state index in [0.29, 0.717) is 5.33 Å². The van der Waals surface area contributed by atoms with Gasteiger partial charge in [0.2, 0.25) is 0 Å². The van der Waals surface area contributed by atoms with E-state index in [4.69, 9.17) is 37.0 Å². The van der Waals surface area contributed by atoms with Crippen molar-refractivity contribution >= 4 is 40.1 Å². The van der Waals surface area contributed by atoms with E-state index in [0.717, 1.165) is 0 Å². The van der Waals surface area contributed by atoms with Gasteiger partial charge >= 0.3 is 24.1 Å². The van der Waals surface area contributed by atoms with Crippen molar-refractivity contribution < 1.29 is 44.3 Å². The number of amides is 2. The van der Waals surface area contributed by atoms with Crippen molar-refractivity contribution in [2.24, 2.45) is 0 Å². The van der Waals surface area contributed by atoms with Gasteiger partial charge in [0.15, 0.2) is 6.61 Å². The molecule has 0 unspecified atom stereocenters. The van der Waals surface area contributed by atoms with Gasteiger partial charge < -0.3 is 30.0 Å². The molecule has 16 heteroatoms. The van der Waals surface area contributed by atoms with E-state index in [-0.39, 0.29) is 12.8 Å². The first-order chi connectivity index (χ1) is 18.4. The zero-order valence-corrected chi connectivity index (χ0v) is 24.1. The average molecular weight is 622 g/mol. The number of rotatable bonds is 7. The fourth-order valence-electron chi connectivity index (χ4n) is 1.68. The molecule has 0 aliphatic heterocycles. The number of carboxylic acids is 1. The van der Waals surface area contributed by atoms with Crippen LogP contribution in [-0.4, -0.2) is 71.6 Å². The van der Waals surface area contributed by atoms with Crippen LogP contribution >= 0.6 is 15.9 Å². The second-order valence-corrected chi connectivity index (χ2v) is 9.08. The Kier molecular flexibility index (Phi) is 24.4. The van der Waals surface area contributed by atoms with Crippen LogP contribution in [0.15, 0.2) is 0 Å². The number of halogens is 2. The van der Waals surface area contributed by atoms with Gasteiger partial charge in [-0.2, -0.15) is 21.0 Å². The van der Waals surface area contributed by atoms with E-state index in [1.165, 1.54) is 0 Å². The monoisotopic (exact) mass is 621 g/mol. The molecule has 14 nitrogen and oxygen atoms in total. The van der Waals surface area contributed by atoms with Crippen LogP contribution in [0.2, 0.25) is 0 Å². The van der Waals surface area contributed by atoms with Crippen molar-refractivity contribution in [2.45, 2.75) is 77.7 Å². The summed E-state index contributed by atoms with van der Waals surface area (Å²) in [5.41, 5.74) is -1.41. The van der Waals surface area contributed by atoms with Crippen molar-refractivity contribution in [1.29, 1.82) is 21.0 Å². The lowest BCUT2D eigenvalue weighted by Gasteiger charge is -2.21. The largest absolute Gasteiger partial charge is 0.480 e. The molecule has 0 aliphatic rings. The fraction of sp³-hybridized carbons (Fsp3) is 0.652. The van der Waals surface area contributed by atoms with Crippen molar-refractivity contribution in [2.75, 3.05) is 19.1 Å². The Hall–Kier alpha value is -4.15. The molecule has 39 heavy (non-hydrogen) atoms. The number of nitrogens with zero attached hydrogens (tertiary/aromatic N) is 4. The summed E-state index contributed by atoms with van der Waals surface area (Å²) in [6, 6.07) is 4.50. The molecule has 218 valence electrons. The summed E-state index contributed by atoms with van der Waals surface area (Å²) in [5, 5.41) is 46.1. The first-order valence-corrected chi connectivity index (χ1v) is 11.8. The number of ether oxygens (including phenoxy) is 3. The van der Waals surface area contributed by atoms with Crippen LogP contribution in [0, 0.1) is 45.3 Å². The molecule has 0 saturated heterocycles. The second kappa shape index (κ2) is 24.2. The third kappa shape index (κ3) is 31.8. The smallest absolute Gasteiger partial charge is 0.408 e.